The van der Waals surface area contributed by atoms with E-state index < -0.39 is 6.10 Å². The number of benzene rings is 1. The molecule has 1 aliphatic heterocycles. The number of aliphatic hydroxyl groups is 1. The van der Waals surface area contributed by atoms with Crippen LogP contribution in [0.5, 0.6) is 5.75 Å². The van der Waals surface area contributed by atoms with Gasteiger partial charge in [0, 0.05) is 18.1 Å². The number of rotatable bonds is 4. The molecule has 1 aromatic rings. The minimum Gasteiger partial charge on any atom is -0.487 e. The summed E-state index contributed by atoms with van der Waals surface area (Å²) >= 11 is 0. The minimum atomic E-state index is -0.572. The smallest absolute Gasteiger partial charge is 0.128 e. The predicted molar refractivity (Wildman–Crippen MR) is 78.2 cm³/mol. The Morgan fingerprint density at radius 3 is 2.40 bits per heavy atom. The maximum absolute atomic E-state index is 13.4. The largest absolute Gasteiger partial charge is 0.487 e. The summed E-state index contributed by atoms with van der Waals surface area (Å²) in [5.74, 6) is 1.12. The molecule has 1 N–H and O–H groups in total. The summed E-state index contributed by atoms with van der Waals surface area (Å²) in [4.78, 5) is 0. The summed E-state index contributed by atoms with van der Waals surface area (Å²) in [5, 5.41) is 10.4. The van der Waals surface area contributed by atoms with E-state index in [4.69, 9.17) is 4.74 Å². The molecule has 0 radical (unpaired) electrons. The van der Waals surface area contributed by atoms with E-state index in [0.29, 0.717) is 29.6 Å². The normalized spacial score (nSPS) is 20.9. The highest BCUT2D eigenvalue weighted by atomic mass is 19.1. The first-order valence-corrected chi connectivity index (χ1v) is 7.48. The molecule has 0 fully saturated rings. The molecule has 1 heterocycles. The minimum absolute atomic E-state index is 0.319. The second kappa shape index (κ2) is 5.72. The lowest BCUT2D eigenvalue weighted by Crippen LogP contribution is -2.43. The Bertz CT molecular complexity index is 458. The molecule has 0 saturated carbocycles. The lowest BCUT2D eigenvalue weighted by Gasteiger charge is -2.43. The van der Waals surface area contributed by atoms with Crippen LogP contribution < -0.4 is 4.74 Å². The van der Waals surface area contributed by atoms with Gasteiger partial charge in [-0.25, -0.2) is 4.39 Å². The van der Waals surface area contributed by atoms with Crippen molar-refractivity contribution in [2.45, 2.75) is 58.7 Å². The van der Waals surface area contributed by atoms with Crippen LogP contribution in [0.1, 0.15) is 58.6 Å². The maximum Gasteiger partial charge on any atom is 0.128 e. The van der Waals surface area contributed by atoms with Crippen molar-refractivity contribution in [2.24, 2.45) is 11.8 Å². The van der Waals surface area contributed by atoms with Crippen molar-refractivity contribution in [1.82, 2.24) is 0 Å². The Labute approximate surface area is 121 Å². The average Bonchev–Trinajstić information content (AvgIpc) is 2.25. The number of aliphatic hydroxyl groups excluding tert-OH is 1. The molecule has 0 bridgehead atoms. The third-order valence-electron chi connectivity index (χ3n) is 3.79. The molecule has 0 aliphatic carbocycles. The molecule has 0 unspecified atom stereocenters. The molecule has 20 heavy (non-hydrogen) atoms. The highest BCUT2D eigenvalue weighted by Gasteiger charge is 2.41. The second-order valence-corrected chi connectivity index (χ2v) is 6.88. The zero-order valence-electron chi connectivity index (χ0n) is 12.8. The summed E-state index contributed by atoms with van der Waals surface area (Å²) < 4.78 is 19.6. The quantitative estimate of drug-likeness (QED) is 0.881. The van der Waals surface area contributed by atoms with Gasteiger partial charge in [-0.05, 0) is 36.8 Å². The van der Waals surface area contributed by atoms with Gasteiger partial charge in [-0.3, -0.25) is 0 Å². The van der Waals surface area contributed by atoms with Crippen LogP contribution >= 0.6 is 0 Å². The van der Waals surface area contributed by atoms with Crippen LogP contribution in [-0.2, 0) is 0 Å². The fourth-order valence-electron chi connectivity index (χ4n) is 3.43. The molecule has 3 heteroatoms. The van der Waals surface area contributed by atoms with Gasteiger partial charge in [0.05, 0.1) is 6.10 Å². The van der Waals surface area contributed by atoms with Gasteiger partial charge in [0.25, 0.3) is 0 Å². The highest BCUT2D eigenvalue weighted by Crippen LogP contribution is 2.45. The van der Waals surface area contributed by atoms with Crippen LogP contribution in [0.3, 0.4) is 0 Å². The molecule has 0 spiro atoms. The van der Waals surface area contributed by atoms with E-state index in [1.54, 1.807) is 6.07 Å². The van der Waals surface area contributed by atoms with Crippen molar-refractivity contribution < 1.29 is 14.2 Å². The SMILES string of the molecule is CC(C)CC1(CC(C)C)C[C@H](O)c2ccc(F)cc2O1. The Kier molecular flexibility index (Phi) is 4.38. The molecule has 2 nitrogen and oxygen atoms in total. The number of ether oxygens (including phenoxy) is 1. The Balaban J connectivity index is 2.36. The zero-order valence-corrected chi connectivity index (χ0v) is 12.8. The topological polar surface area (TPSA) is 29.5 Å². The predicted octanol–water partition coefficient (Wildman–Crippen LogP) is 4.47. The molecular weight excluding hydrogens is 255 g/mol. The Morgan fingerprint density at radius 2 is 1.85 bits per heavy atom. The third-order valence-corrected chi connectivity index (χ3v) is 3.79. The van der Waals surface area contributed by atoms with Crippen molar-refractivity contribution >= 4 is 0 Å². The maximum atomic E-state index is 13.4. The van der Waals surface area contributed by atoms with Crippen molar-refractivity contribution in [2.75, 3.05) is 0 Å². The summed E-state index contributed by atoms with van der Waals surface area (Å²) in [6.07, 6.45) is 1.76. The summed E-state index contributed by atoms with van der Waals surface area (Å²) in [6.45, 7) is 8.61. The van der Waals surface area contributed by atoms with Crippen LogP contribution in [0.2, 0.25) is 0 Å². The molecule has 112 valence electrons. The Hall–Kier alpha value is -1.09. The van der Waals surface area contributed by atoms with Gasteiger partial charge in [0.2, 0.25) is 0 Å². The fraction of sp³-hybridized carbons (Fsp3) is 0.647. The van der Waals surface area contributed by atoms with Gasteiger partial charge >= 0.3 is 0 Å². The van der Waals surface area contributed by atoms with E-state index in [2.05, 4.69) is 27.7 Å². The van der Waals surface area contributed by atoms with Gasteiger partial charge in [-0.2, -0.15) is 0 Å². The van der Waals surface area contributed by atoms with Crippen molar-refractivity contribution in [3.8, 4) is 5.75 Å². The third kappa shape index (κ3) is 3.32. The summed E-state index contributed by atoms with van der Waals surface area (Å²) in [7, 11) is 0. The van der Waals surface area contributed by atoms with Gasteiger partial charge in [-0.15, -0.1) is 0 Å². The monoisotopic (exact) mass is 280 g/mol. The second-order valence-electron chi connectivity index (χ2n) is 6.88. The molecule has 1 aromatic carbocycles. The van der Waals surface area contributed by atoms with Crippen molar-refractivity contribution in [3.63, 3.8) is 0 Å². The van der Waals surface area contributed by atoms with Crippen molar-refractivity contribution in [3.05, 3.63) is 29.6 Å². The van der Waals surface area contributed by atoms with Gasteiger partial charge < -0.3 is 9.84 Å². The molecule has 1 aliphatic rings. The summed E-state index contributed by atoms with van der Waals surface area (Å²) in [6, 6.07) is 4.40. The number of hydrogen-bond acceptors (Lipinski definition) is 2. The van der Waals surface area contributed by atoms with Crippen LogP contribution in [-0.4, -0.2) is 10.7 Å². The number of fused-ring (bicyclic) bond motifs is 1. The van der Waals surface area contributed by atoms with Crippen LogP contribution in [0, 0.1) is 17.7 Å². The van der Waals surface area contributed by atoms with E-state index in [9.17, 15) is 9.50 Å². The van der Waals surface area contributed by atoms with Gasteiger partial charge in [0.15, 0.2) is 0 Å². The molecular formula is C17H25FO2. The lowest BCUT2D eigenvalue weighted by molar-refractivity contribution is -0.0409. The van der Waals surface area contributed by atoms with Gasteiger partial charge in [0.1, 0.15) is 17.2 Å². The van der Waals surface area contributed by atoms with Crippen LogP contribution in [0.4, 0.5) is 4.39 Å². The van der Waals surface area contributed by atoms with Crippen LogP contribution in [0.25, 0.3) is 0 Å². The molecule has 2 rings (SSSR count). The van der Waals surface area contributed by atoms with Crippen LogP contribution in [0.15, 0.2) is 18.2 Å². The summed E-state index contributed by atoms with van der Waals surface area (Å²) in [5.41, 5.74) is 0.317. The lowest BCUT2D eigenvalue weighted by atomic mass is 9.78. The molecule has 1 atom stereocenters. The highest BCUT2D eigenvalue weighted by molar-refractivity contribution is 5.38. The van der Waals surface area contributed by atoms with E-state index in [1.165, 1.54) is 12.1 Å². The van der Waals surface area contributed by atoms with E-state index in [0.717, 1.165) is 12.8 Å². The first kappa shape index (κ1) is 15.3. The first-order valence-electron chi connectivity index (χ1n) is 7.48. The van der Waals surface area contributed by atoms with E-state index in [-0.39, 0.29) is 11.4 Å². The molecule has 0 amide bonds. The van der Waals surface area contributed by atoms with Gasteiger partial charge in [-0.1, -0.05) is 27.7 Å². The number of halogens is 1. The zero-order chi connectivity index (χ0) is 14.9. The van der Waals surface area contributed by atoms with E-state index in [1.807, 2.05) is 0 Å². The van der Waals surface area contributed by atoms with E-state index >= 15 is 0 Å². The first-order chi connectivity index (χ1) is 9.31. The Morgan fingerprint density at radius 1 is 1.25 bits per heavy atom. The van der Waals surface area contributed by atoms with Crippen molar-refractivity contribution in [1.29, 1.82) is 0 Å². The fourth-order valence-corrected chi connectivity index (χ4v) is 3.43. The molecule has 0 aromatic heterocycles. The number of hydrogen-bond donors (Lipinski definition) is 1. The standard InChI is InChI=1S/C17H25FO2/c1-11(2)8-17(9-12(3)4)10-15(19)14-6-5-13(18)7-16(14)20-17/h5-7,11-12,15,19H,8-10H2,1-4H3/t15-/m0/s1. The molecule has 0 saturated heterocycles. The average molecular weight is 280 g/mol.